The first-order chi connectivity index (χ1) is 12.5. The summed E-state index contributed by atoms with van der Waals surface area (Å²) in [7, 11) is 0. The summed E-state index contributed by atoms with van der Waals surface area (Å²) in [5.74, 6) is 0.507. The van der Waals surface area contributed by atoms with E-state index in [9.17, 15) is 9.59 Å². The van der Waals surface area contributed by atoms with Crippen LogP contribution in [0.1, 0.15) is 37.0 Å². The number of nitrogens with one attached hydrogen (secondary N) is 1. The summed E-state index contributed by atoms with van der Waals surface area (Å²) in [5.41, 5.74) is 3.22. The highest BCUT2D eigenvalue weighted by molar-refractivity contribution is 5.98. The highest BCUT2D eigenvalue weighted by Gasteiger charge is 2.30. The lowest BCUT2D eigenvalue weighted by atomic mass is 9.98. The number of ketones is 1. The number of aromatic nitrogens is 3. The van der Waals surface area contributed by atoms with Gasteiger partial charge in [0.1, 0.15) is 0 Å². The predicted octanol–water partition coefficient (Wildman–Crippen LogP) is 3.58. The topological polar surface area (TPSA) is 76.4 Å². The van der Waals surface area contributed by atoms with Gasteiger partial charge in [0.15, 0.2) is 11.4 Å². The third-order valence-electron chi connectivity index (χ3n) is 4.55. The van der Waals surface area contributed by atoms with Crippen molar-refractivity contribution in [2.45, 2.75) is 26.7 Å². The summed E-state index contributed by atoms with van der Waals surface area (Å²) >= 11 is 0. The van der Waals surface area contributed by atoms with Crippen molar-refractivity contribution in [2.75, 3.05) is 5.32 Å². The zero-order valence-electron chi connectivity index (χ0n) is 14.8. The number of pyridine rings is 1. The number of rotatable bonds is 5. The second-order valence-corrected chi connectivity index (χ2v) is 6.99. The van der Waals surface area contributed by atoms with Crippen molar-refractivity contribution in [2.24, 2.45) is 11.8 Å². The smallest absolute Gasteiger partial charge is 0.249 e. The van der Waals surface area contributed by atoms with Crippen molar-refractivity contribution in [3.8, 4) is 11.1 Å². The van der Waals surface area contributed by atoms with E-state index in [2.05, 4.69) is 15.4 Å². The monoisotopic (exact) mass is 348 g/mol. The van der Waals surface area contributed by atoms with E-state index in [1.807, 2.05) is 50.2 Å². The van der Waals surface area contributed by atoms with E-state index in [4.69, 9.17) is 0 Å². The standard InChI is InChI=1S/C20H20N4O2/c1-12(2)17(25)14-7-5-13(6-8-14)16-4-3-11-24-18(16)21-20(23-24)22-19(26)15-9-10-15/h3-8,11-12,15H,9-10H2,1-2H3,(H,22,23,26). The van der Waals surface area contributed by atoms with E-state index in [1.165, 1.54) is 0 Å². The third kappa shape index (κ3) is 3.10. The van der Waals surface area contributed by atoms with Crippen molar-refractivity contribution in [3.63, 3.8) is 0 Å². The molecule has 0 atom stereocenters. The Hall–Kier alpha value is -3.02. The lowest BCUT2D eigenvalue weighted by Gasteiger charge is -2.06. The highest BCUT2D eigenvalue weighted by atomic mass is 16.2. The van der Waals surface area contributed by atoms with Gasteiger partial charge in [-0.25, -0.2) is 4.52 Å². The molecule has 2 heterocycles. The van der Waals surface area contributed by atoms with Gasteiger partial charge < -0.3 is 0 Å². The maximum Gasteiger partial charge on any atom is 0.249 e. The Morgan fingerprint density at radius 1 is 1.15 bits per heavy atom. The van der Waals surface area contributed by atoms with Crippen LogP contribution in [0.3, 0.4) is 0 Å². The van der Waals surface area contributed by atoms with Gasteiger partial charge in [0.05, 0.1) is 0 Å². The molecule has 3 aromatic rings. The van der Waals surface area contributed by atoms with Gasteiger partial charge in [-0.1, -0.05) is 38.1 Å². The van der Waals surface area contributed by atoms with Crippen LogP contribution in [0.4, 0.5) is 5.95 Å². The first-order valence-electron chi connectivity index (χ1n) is 8.84. The molecule has 0 aliphatic heterocycles. The van der Waals surface area contributed by atoms with Crippen molar-refractivity contribution in [1.82, 2.24) is 14.6 Å². The molecule has 0 spiro atoms. The molecule has 1 aliphatic rings. The first-order valence-corrected chi connectivity index (χ1v) is 8.84. The first kappa shape index (κ1) is 16.4. The maximum absolute atomic E-state index is 12.1. The lowest BCUT2D eigenvalue weighted by molar-refractivity contribution is -0.117. The van der Waals surface area contributed by atoms with Crippen molar-refractivity contribution >= 4 is 23.3 Å². The van der Waals surface area contributed by atoms with E-state index in [-0.39, 0.29) is 23.5 Å². The van der Waals surface area contributed by atoms with E-state index in [0.29, 0.717) is 17.2 Å². The van der Waals surface area contributed by atoms with Crippen LogP contribution >= 0.6 is 0 Å². The molecule has 4 rings (SSSR count). The molecule has 0 saturated heterocycles. The van der Waals surface area contributed by atoms with Crippen LogP contribution in [0.2, 0.25) is 0 Å². The second-order valence-electron chi connectivity index (χ2n) is 6.99. The Bertz CT molecular complexity index is 985. The Morgan fingerprint density at radius 2 is 1.88 bits per heavy atom. The van der Waals surface area contributed by atoms with Crippen LogP contribution in [0.25, 0.3) is 16.8 Å². The normalized spacial score (nSPS) is 14.0. The fourth-order valence-corrected chi connectivity index (χ4v) is 2.89. The number of anilines is 1. The van der Waals surface area contributed by atoms with Gasteiger partial charge in [0, 0.05) is 29.2 Å². The number of fused-ring (bicyclic) bond motifs is 1. The summed E-state index contributed by atoms with van der Waals surface area (Å²) in [5, 5.41) is 7.12. The molecule has 6 nitrogen and oxygen atoms in total. The minimum Gasteiger partial charge on any atom is -0.294 e. The third-order valence-corrected chi connectivity index (χ3v) is 4.55. The van der Waals surface area contributed by atoms with Crippen LogP contribution in [0, 0.1) is 11.8 Å². The van der Waals surface area contributed by atoms with E-state index in [0.717, 1.165) is 24.0 Å². The number of hydrogen-bond donors (Lipinski definition) is 1. The molecular weight excluding hydrogens is 328 g/mol. The van der Waals surface area contributed by atoms with Gasteiger partial charge in [0.2, 0.25) is 11.9 Å². The Morgan fingerprint density at radius 3 is 2.54 bits per heavy atom. The molecule has 1 amide bonds. The van der Waals surface area contributed by atoms with Gasteiger partial charge in [-0.3, -0.25) is 14.9 Å². The molecule has 0 unspecified atom stereocenters. The van der Waals surface area contributed by atoms with Crippen molar-refractivity contribution in [1.29, 1.82) is 0 Å². The van der Waals surface area contributed by atoms with Gasteiger partial charge >= 0.3 is 0 Å². The number of carbonyl (C=O) groups is 2. The van der Waals surface area contributed by atoms with E-state index in [1.54, 1.807) is 10.7 Å². The number of hydrogen-bond acceptors (Lipinski definition) is 4. The molecule has 1 fully saturated rings. The van der Waals surface area contributed by atoms with E-state index < -0.39 is 0 Å². The average molecular weight is 348 g/mol. The second kappa shape index (κ2) is 6.37. The Kier molecular flexibility index (Phi) is 4.03. The molecule has 1 saturated carbocycles. The van der Waals surface area contributed by atoms with Crippen LogP contribution in [-0.2, 0) is 4.79 Å². The van der Waals surface area contributed by atoms with Crippen molar-refractivity contribution < 1.29 is 9.59 Å². The Labute approximate surface area is 151 Å². The summed E-state index contributed by atoms with van der Waals surface area (Å²) < 4.78 is 1.66. The number of nitrogens with zero attached hydrogens (tertiary/aromatic N) is 3. The quantitative estimate of drug-likeness (QED) is 0.715. The molecule has 26 heavy (non-hydrogen) atoms. The molecule has 0 bridgehead atoms. The zero-order valence-corrected chi connectivity index (χ0v) is 14.8. The molecule has 6 heteroatoms. The van der Waals surface area contributed by atoms with Gasteiger partial charge in [0.25, 0.3) is 0 Å². The van der Waals surface area contributed by atoms with E-state index >= 15 is 0 Å². The molecule has 132 valence electrons. The van der Waals surface area contributed by atoms with Crippen LogP contribution in [0.15, 0.2) is 42.6 Å². The predicted molar refractivity (Wildman–Crippen MR) is 98.9 cm³/mol. The van der Waals surface area contributed by atoms with Crippen LogP contribution in [0.5, 0.6) is 0 Å². The molecule has 1 aliphatic carbocycles. The molecule has 0 radical (unpaired) electrons. The highest BCUT2D eigenvalue weighted by Crippen LogP contribution is 2.30. The minimum atomic E-state index is -0.0292. The number of benzene rings is 1. The van der Waals surface area contributed by atoms with Crippen molar-refractivity contribution in [3.05, 3.63) is 48.2 Å². The largest absolute Gasteiger partial charge is 0.294 e. The van der Waals surface area contributed by atoms with Gasteiger partial charge in [-0.05, 0) is 30.5 Å². The van der Waals surface area contributed by atoms with Gasteiger partial charge in [-0.15, -0.1) is 5.10 Å². The SMILES string of the molecule is CC(C)C(=O)c1ccc(-c2cccn3nc(NC(=O)C4CC4)nc23)cc1. The van der Waals surface area contributed by atoms with Gasteiger partial charge in [-0.2, -0.15) is 4.98 Å². The maximum atomic E-state index is 12.1. The summed E-state index contributed by atoms with van der Waals surface area (Å²) in [6.45, 7) is 3.79. The Balaban J connectivity index is 1.66. The molecule has 1 aromatic carbocycles. The number of carbonyl (C=O) groups excluding carboxylic acids is 2. The zero-order chi connectivity index (χ0) is 18.3. The molecular formula is C20H20N4O2. The summed E-state index contributed by atoms with van der Waals surface area (Å²) in [4.78, 5) is 28.5. The summed E-state index contributed by atoms with van der Waals surface area (Å²) in [6, 6.07) is 11.4. The lowest BCUT2D eigenvalue weighted by Crippen LogP contribution is -2.14. The van der Waals surface area contributed by atoms with Crippen LogP contribution < -0.4 is 5.32 Å². The summed E-state index contributed by atoms with van der Waals surface area (Å²) in [6.07, 6.45) is 3.67. The average Bonchev–Trinajstić information content (AvgIpc) is 3.41. The molecule has 1 N–H and O–H groups in total. The minimum absolute atomic E-state index is 0.0148. The number of Topliss-reactive ketones (excluding diaryl/α,β-unsaturated/α-hetero) is 1. The van der Waals surface area contributed by atoms with Crippen LogP contribution in [-0.4, -0.2) is 26.3 Å². The fourth-order valence-electron chi connectivity index (χ4n) is 2.89. The molecule has 2 aromatic heterocycles. The number of amides is 1. The fraction of sp³-hybridized carbons (Fsp3) is 0.300.